The van der Waals surface area contributed by atoms with Crippen LogP contribution < -0.4 is 0 Å². The predicted molar refractivity (Wildman–Crippen MR) is 83.6 cm³/mol. The van der Waals surface area contributed by atoms with Crippen molar-refractivity contribution in [1.29, 1.82) is 0 Å². The van der Waals surface area contributed by atoms with E-state index in [-0.39, 0.29) is 5.91 Å². The fourth-order valence-corrected chi connectivity index (χ4v) is 4.16. The summed E-state index contributed by atoms with van der Waals surface area (Å²) in [6, 6.07) is 5.85. The molecule has 19 heavy (non-hydrogen) atoms. The van der Waals surface area contributed by atoms with Crippen LogP contribution in [0.1, 0.15) is 31.9 Å². The Hall–Kier alpha value is -0.840. The maximum atomic E-state index is 12.3. The highest BCUT2D eigenvalue weighted by Crippen LogP contribution is 2.25. The summed E-state index contributed by atoms with van der Waals surface area (Å²) in [6.07, 6.45) is 0.972. The van der Waals surface area contributed by atoms with Crippen LogP contribution in [0.2, 0.25) is 4.34 Å². The molecule has 0 spiro atoms. The number of carbonyl (C=O) groups excluding carboxylic acids is 1. The van der Waals surface area contributed by atoms with Crippen molar-refractivity contribution >= 4 is 40.2 Å². The van der Waals surface area contributed by atoms with E-state index in [1.165, 1.54) is 21.8 Å². The van der Waals surface area contributed by atoms with Crippen LogP contribution in [0.5, 0.6) is 0 Å². The maximum Gasteiger partial charge on any atom is 0.264 e. The Kier molecular flexibility index (Phi) is 4.66. The zero-order valence-electron chi connectivity index (χ0n) is 11.2. The van der Waals surface area contributed by atoms with Gasteiger partial charge in [-0.3, -0.25) is 4.79 Å². The number of hydrogen-bond donors (Lipinski definition) is 0. The molecule has 2 aromatic heterocycles. The molecule has 0 aromatic carbocycles. The largest absolute Gasteiger partial charge is 0.336 e. The number of nitrogens with zero attached hydrogens (tertiary/aromatic N) is 1. The summed E-state index contributed by atoms with van der Waals surface area (Å²) in [5.41, 5.74) is 1.26. The van der Waals surface area contributed by atoms with Gasteiger partial charge in [0.25, 0.3) is 5.91 Å². The lowest BCUT2D eigenvalue weighted by Crippen LogP contribution is -2.24. The predicted octanol–water partition coefficient (Wildman–Crippen LogP) is 4.61. The van der Waals surface area contributed by atoms with Crippen LogP contribution in [0.4, 0.5) is 0 Å². The summed E-state index contributed by atoms with van der Waals surface area (Å²) < 4.78 is 0.760. The molecule has 0 saturated carbocycles. The molecular weight excluding hydrogens is 298 g/mol. The van der Waals surface area contributed by atoms with Crippen LogP contribution in [0.25, 0.3) is 0 Å². The van der Waals surface area contributed by atoms with Gasteiger partial charge in [-0.1, -0.05) is 18.5 Å². The van der Waals surface area contributed by atoms with Gasteiger partial charge in [-0.25, -0.2) is 0 Å². The minimum atomic E-state index is 0.0809. The van der Waals surface area contributed by atoms with Gasteiger partial charge < -0.3 is 4.90 Å². The van der Waals surface area contributed by atoms with Gasteiger partial charge >= 0.3 is 0 Å². The third-order valence-corrected chi connectivity index (χ3v) is 5.28. The van der Waals surface area contributed by atoms with Gasteiger partial charge in [0.05, 0.1) is 15.8 Å². The third-order valence-electron chi connectivity index (χ3n) is 2.98. The molecule has 0 saturated heterocycles. The lowest BCUT2D eigenvalue weighted by molar-refractivity contribution is 0.0791. The summed E-state index contributed by atoms with van der Waals surface area (Å²) in [7, 11) is 1.83. The highest BCUT2D eigenvalue weighted by molar-refractivity contribution is 7.16. The second kappa shape index (κ2) is 6.07. The van der Waals surface area contributed by atoms with E-state index in [9.17, 15) is 4.79 Å². The fraction of sp³-hybridized carbons (Fsp3) is 0.357. The van der Waals surface area contributed by atoms with Crippen LogP contribution in [-0.2, 0) is 13.0 Å². The molecule has 2 nitrogen and oxygen atoms in total. The van der Waals surface area contributed by atoms with E-state index < -0.39 is 0 Å². The number of rotatable bonds is 4. The van der Waals surface area contributed by atoms with Crippen LogP contribution in [0.3, 0.4) is 0 Å². The van der Waals surface area contributed by atoms with Gasteiger partial charge in [-0.15, -0.1) is 22.7 Å². The monoisotopic (exact) mass is 313 g/mol. The van der Waals surface area contributed by atoms with E-state index in [0.717, 1.165) is 20.5 Å². The van der Waals surface area contributed by atoms with Gasteiger partial charge in [-0.05, 0) is 37.1 Å². The normalized spacial score (nSPS) is 10.7. The van der Waals surface area contributed by atoms with Crippen molar-refractivity contribution < 1.29 is 4.79 Å². The Morgan fingerprint density at radius 1 is 1.37 bits per heavy atom. The van der Waals surface area contributed by atoms with Gasteiger partial charge in [-0.2, -0.15) is 0 Å². The second-order valence-corrected chi connectivity index (χ2v) is 7.47. The molecule has 0 aliphatic carbocycles. The first-order chi connectivity index (χ1) is 9.01. The molecule has 2 heterocycles. The van der Waals surface area contributed by atoms with Crippen molar-refractivity contribution in [1.82, 2.24) is 4.90 Å². The maximum absolute atomic E-state index is 12.3. The Morgan fingerprint density at radius 3 is 2.63 bits per heavy atom. The Balaban J connectivity index is 2.09. The lowest BCUT2D eigenvalue weighted by atomic mass is 10.2. The molecule has 0 radical (unpaired) electrons. The molecule has 0 aliphatic rings. The van der Waals surface area contributed by atoms with Crippen molar-refractivity contribution in [3.8, 4) is 0 Å². The van der Waals surface area contributed by atoms with Crippen molar-refractivity contribution in [2.75, 3.05) is 7.05 Å². The number of thiophene rings is 2. The molecule has 2 aromatic rings. The first-order valence-corrected chi connectivity index (χ1v) is 8.11. The Labute approximate surface area is 126 Å². The van der Waals surface area contributed by atoms with Crippen molar-refractivity contribution in [2.24, 2.45) is 0 Å². The second-order valence-electron chi connectivity index (χ2n) is 4.41. The van der Waals surface area contributed by atoms with E-state index in [2.05, 4.69) is 13.8 Å². The van der Waals surface area contributed by atoms with E-state index in [0.29, 0.717) is 6.54 Å². The topological polar surface area (TPSA) is 20.3 Å². The molecule has 2 rings (SSSR count). The first-order valence-electron chi connectivity index (χ1n) is 6.10. The van der Waals surface area contributed by atoms with Crippen LogP contribution >= 0.6 is 34.3 Å². The molecule has 0 unspecified atom stereocenters. The van der Waals surface area contributed by atoms with Crippen LogP contribution in [0, 0.1) is 6.92 Å². The number of halogens is 1. The molecule has 0 atom stereocenters. The standard InChI is InChI=1S/C14H16ClNOS2/c1-4-10-7-12(18-9(10)2)14(17)16(3)8-11-5-6-13(15)19-11/h5-7H,4,8H2,1-3H3. The van der Waals surface area contributed by atoms with Crippen molar-refractivity contribution in [3.63, 3.8) is 0 Å². The molecule has 1 amide bonds. The summed E-state index contributed by atoms with van der Waals surface area (Å²) in [5.74, 6) is 0.0809. The van der Waals surface area contributed by atoms with Gasteiger partial charge in [0, 0.05) is 16.8 Å². The van der Waals surface area contributed by atoms with Gasteiger partial charge in [0.15, 0.2) is 0 Å². The average Bonchev–Trinajstić information content (AvgIpc) is 2.94. The molecule has 102 valence electrons. The number of amides is 1. The summed E-state index contributed by atoms with van der Waals surface area (Å²) >= 11 is 8.99. The number of carbonyl (C=O) groups is 1. The molecule has 0 bridgehead atoms. The number of hydrogen-bond acceptors (Lipinski definition) is 3. The quantitative estimate of drug-likeness (QED) is 0.807. The highest BCUT2D eigenvalue weighted by Gasteiger charge is 2.16. The minimum Gasteiger partial charge on any atom is -0.336 e. The summed E-state index contributed by atoms with van der Waals surface area (Å²) in [5, 5.41) is 0. The fourth-order valence-electron chi connectivity index (χ4n) is 1.91. The molecule has 0 aliphatic heterocycles. The zero-order valence-corrected chi connectivity index (χ0v) is 13.6. The third kappa shape index (κ3) is 3.38. The number of aryl methyl sites for hydroxylation is 2. The SMILES string of the molecule is CCc1cc(C(=O)N(C)Cc2ccc(Cl)s2)sc1C. The zero-order chi connectivity index (χ0) is 14.0. The van der Waals surface area contributed by atoms with Gasteiger partial charge in [0.1, 0.15) is 0 Å². The van der Waals surface area contributed by atoms with Crippen molar-refractivity contribution in [3.05, 3.63) is 42.7 Å². The Morgan fingerprint density at radius 2 is 2.11 bits per heavy atom. The van der Waals surface area contributed by atoms with Crippen molar-refractivity contribution in [2.45, 2.75) is 26.8 Å². The highest BCUT2D eigenvalue weighted by atomic mass is 35.5. The smallest absolute Gasteiger partial charge is 0.264 e. The first kappa shape index (κ1) is 14.6. The molecular formula is C14H16ClNOS2. The molecule has 0 N–H and O–H groups in total. The Bertz CT molecular complexity index is 588. The summed E-state index contributed by atoms with van der Waals surface area (Å²) in [6.45, 7) is 4.79. The van der Waals surface area contributed by atoms with E-state index in [4.69, 9.17) is 11.6 Å². The van der Waals surface area contributed by atoms with E-state index in [1.54, 1.807) is 16.2 Å². The van der Waals surface area contributed by atoms with E-state index >= 15 is 0 Å². The summed E-state index contributed by atoms with van der Waals surface area (Å²) in [4.78, 5) is 17.2. The lowest BCUT2D eigenvalue weighted by Gasteiger charge is -2.14. The molecule has 5 heteroatoms. The van der Waals surface area contributed by atoms with Crippen LogP contribution in [-0.4, -0.2) is 17.9 Å². The average molecular weight is 314 g/mol. The van der Waals surface area contributed by atoms with E-state index in [1.807, 2.05) is 25.2 Å². The minimum absolute atomic E-state index is 0.0809. The molecule has 0 fully saturated rings. The van der Waals surface area contributed by atoms with Gasteiger partial charge in [0.2, 0.25) is 0 Å². The van der Waals surface area contributed by atoms with Crippen LogP contribution in [0.15, 0.2) is 18.2 Å².